The van der Waals surface area contributed by atoms with Crippen LogP contribution < -0.4 is 5.11 Å². The van der Waals surface area contributed by atoms with Crippen molar-refractivity contribution in [3.05, 3.63) is 0 Å². The Labute approximate surface area is 99.9 Å². The van der Waals surface area contributed by atoms with Crippen molar-refractivity contribution in [2.24, 2.45) is 0 Å². The van der Waals surface area contributed by atoms with E-state index in [2.05, 4.69) is 0 Å². The molecule has 7 heteroatoms. The summed E-state index contributed by atoms with van der Waals surface area (Å²) < 4.78 is 9.43. The van der Waals surface area contributed by atoms with Crippen LogP contribution in [0, 0.1) is 0 Å². The molecule has 0 aromatic heterocycles. The van der Waals surface area contributed by atoms with Gasteiger partial charge >= 0.3 is 8.60 Å². The Morgan fingerprint density at radius 2 is 1.62 bits per heavy atom. The predicted molar refractivity (Wildman–Crippen MR) is 44.5 cm³/mol. The fraction of sp³-hybridized carbons (Fsp3) is 0.833. The molecule has 0 saturated heterocycles. The van der Waals surface area contributed by atoms with Crippen molar-refractivity contribution in [2.45, 2.75) is 20.8 Å². The van der Waals surface area contributed by atoms with E-state index in [0.29, 0.717) is 13.2 Å². The first-order valence-electron chi connectivity index (χ1n) is 3.53. The van der Waals surface area contributed by atoms with Gasteiger partial charge in [0, 0.05) is 33.6 Å². The van der Waals surface area contributed by atoms with Crippen LogP contribution >= 0.6 is 8.60 Å². The molecule has 76 valence electrons. The number of carboxylic acids is 1. The summed E-state index contributed by atoms with van der Waals surface area (Å²) in [5, 5.41) is 8.89. The van der Waals surface area contributed by atoms with Crippen LogP contribution in [-0.2, 0) is 41.5 Å². The van der Waals surface area contributed by atoms with Gasteiger partial charge in [0.1, 0.15) is 0 Å². The number of carbonyl (C=O) groups excluding carboxylic acids is 1. The Hall–Kier alpha value is 0.715. The van der Waals surface area contributed by atoms with Crippen LogP contribution in [-0.4, -0.2) is 24.1 Å². The number of rotatable bonds is 4. The summed E-state index contributed by atoms with van der Waals surface area (Å²) in [5.74, 6) is -1.08. The normalized spacial score (nSPS) is 8.38. The minimum Gasteiger partial charge on any atom is -0.550 e. The molecule has 0 heterocycles. The SMILES string of the molecule is CC(=O)[O-].CCO[PH+](O)OCC.[Hg]. The molecule has 0 aromatic carbocycles. The summed E-state index contributed by atoms with van der Waals surface area (Å²) >= 11 is 0. The van der Waals surface area contributed by atoms with Gasteiger partial charge in [-0.2, -0.15) is 13.9 Å². The second kappa shape index (κ2) is 15.2. The van der Waals surface area contributed by atoms with Crippen molar-refractivity contribution in [1.29, 1.82) is 0 Å². The van der Waals surface area contributed by atoms with Gasteiger partial charge in [0.25, 0.3) is 0 Å². The van der Waals surface area contributed by atoms with Crippen LogP contribution in [0.5, 0.6) is 0 Å². The van der Waals surface area contributed by atoms with Crippen molar-refractivity contribution in [3.8, 4) is 0 Å². The molecule has 13 heavy (non-hydrogen) atoms. The van der Waals surface area contributed by atoms with Gasteiger partial charge in [0.2, 0.25) is 0 Å². The average Bonchev–Trinajstić information content (AvgIpc) is 1.87. The molecule has 0 fully saturated rings. The van der Waals surface area contributed by atoms with E-state index in [0.717, 1.165) is 6.92 Å². The van der Waals surface area contributed by atoms with Gasteiger partial charge in [-0.05, 0) is 20.8 Å². The van der Waals surface area contributed by atoms with Crippen molar-refractivity contribution >= 4 is 14.6 Å². The number of hydrogen-bond acceptors (Lipinski definition) is 5. The van der Waals surface area contributed by atoms with Crippen LogP contribution in [0.4, 0.5) is 0 Å². The Bertz CT molecular complexity index is 103. The molecule has 0 aromatic rings. The summed E-state index contributed by atoms with van der Waals surface area (Å²) in [6.07, 6.45) is 0. The van der Waals surface area contributed by atoms with E-state index in [9.17, 15) is 0 Å². The fourth-order valence-electron chi connectivity index (χ4n) is 0.289. The third kappa shape index (κ3) is 32.4. The maximum absolute atomic E-state index is 8.89. The van der Waals surface area contributed by atoms with Gasteiger partial charge in [0.15, 0.2) is 0 Å². The average molecular weight is 399 g/mol. The molecule has 1 N–H and O–H groups in total. The van der Waals surface area contributed by atoms with Crippen LogP contribution in [0.2, 0.25) is 0 Å². The summed E-state index contributed by atoms with van der Waals surface area (Å²) in [6, 6.07) is 0. The molecule has 0 rings (SSSR count). The first-order valence-corrected chi connectivity index (χ1v) is 4.80. The third-order valence-electron chi connectivity index (χ3n) is 0.536. The van der Waals surface area contributed by atoms with Gasteiger partial charge < -0.3 is 9.90 Å². The van der Waals surface area contributed by atoms with E-state index in [4.69, 9.17) is 23.8 Å². The summed E-state index contributed by atoms with van der Waals surface area (Å²) in [7, 11) is -1.89. The van der Waals surface area contributed by atoms with Gasteiger partial charge in [-0.1, -0.05) is 0 Å². The van der Waals surface area contributed by atoms with E-state index in [1.54, 1.807) is 0 Å². The fourth-order valence-corrected chi connectivity index (χ4v) is 0.866. The van der Waals surface area contributed by atoms with E-state index in [1.807, 2.05) is 13.8 Å². The molecule has 0 aliphatic carbocycles. The van der Waals surface area contributed by atoms with Crippen LogP contribution in [0.3, 0.4) is 0 Å². The molecule has 0 aliphatic heterocycles. The van der Waals surface area contributed by atoms with Crippen molar-refractivity contribution in [3.63, 3.8) is 0 Å². The van der Waals surface area contributed by atoms with E-state index in [1.165, 1.54) is 0 Å². The zero-order valence-electron chi connectivity index (χ0n) is 8.20. The summed E-state index contributed by atoms with van der Waals surface area (Å²) in [4.78, 5) is 17.6. The molecule has 0 saturated carbocycles. The van der Waals surface area contributed by atoms with Gasteiger partial charge in [-0.3, -0.25) is 0 Å². The van der Waals surface area contributed by atoms with Crippen LogP contribution in [0.25, 0.3) is 0 Å². The largest absolute Gasteiger partial charge is 0.550 e. The molecular formula is C6H15HgO5P. The minimum atomic E-state index is -1.89. The molecule has 0 spiro atoms. The molecule has 0 amide bonds. The second-order valence-electron chi connectivity index (χ2n) is 1.62. The zero-order chi connectivity index (χ0) is 9.98. The van der Waals surface area contributed by atoms with Gasteiger partial charge in [0.05, 0.1) is 13.2 Å². The first-order chi connectivity index (χ1) is 5.54. The van der Waals surface area contributed by atoms with Crippen molar-refractivity contribution in [1.82, 2.24) is 0 Å². The Kier molecular flexibility index (Phi) is 22.6. The van der Waals surface area contributed by atoms with Crippen LogP contribution in [0.1, 0.15) is 20.8 Å². The first kappa shape index (κ1) is 19.3. The quantitative estimate of drug-likeness (QED) is 0.522. The van der Waals surface area contributed by atoms with Crippen molar-refractivity contribution < 1.29 is 51.5 Å². The maximum atomic E-state index is 8.89. The number of carboxylic acid groups (broad SMARTS) is 1. The van der Waals surface area contributed by atoms with E-state index >= 15 is 0 Å². The molecule has 5 nitrogen and oxygen atoms in total. The van der Waals surface area contributed by atoms with Gasteiger partial charge in [-0.25, -0.2) is 0 Å². The summed E-state index contributed by atoms with van der Waals surface area (Å²) in [5.41, 5.74) is 0. The number of carbonyl (C=O) groups is 1. The molecule has 0 atom stereocenters. The third-order valence-corrected chi connectivity index (χ3v) is 1.61. The van der Waals surface area contributed by atoms with E-state index < -0.39 is 14.6 Å². The summed E-state index contributed by atoms with van der Waals surface area (Å²) in [6.45, 7) is 5.65. The Balaban J connectivity index is -0.000000173. The van der Waals surface area contributed by atoms with E-state index in [-0.39, 0.29) is 27.7 Å². The van der Waals surface area contributed by atoms with Crippen LogP contribution in [0.15, 0.2) is 0 Å². The predicted octanol–water partition coefficient (Wildman–Crippen LogP) is -0.235. The standard InChI is InChI=1S/C4H12O3P.C2H4O2.Hg/c1-3-6-8(5)7-4-2;1-2(3)4;/h5,8H,3-4H2,1-2H3;1H3,(H,3,4);/q+1;;/p-1. The molecule has 0 radical (unpaired) electrons. The maximum Gasteiger partial charge on any atom is 0.395 e. The van der Waals surface area contributed by atoms with Gasteiger partial charge in [-0.15, -0.1) is 0 Å². The minimum absolute atomic E-state index is 0. The number of aliphatic carboxylic acids is 1. The number of hydrogen-bond donors (Lipinski definition) is 1. The Morgan fingerprint density at radius 1 is 1.38 bits per heavy atom. The topological polar surface area (TPSA) is 78.8 Å². The smallest absolute Gasteiger partial charge is 0.395 e. The molecular weight excluding hydrogens is 384 g/mol. The molecule has 0 bridgehead atoms. The Morgan fingerprint density at radius 3 is 1.77 bits per heavy atom. The molecule has 0 aliphatic rings. The second-order valence-corrected chi connectivity index (χ2v) is 2.73. The zero-order valence-corrected chi connectivity index (χ0v) is 14.7. The van der Waals surface area contributed by atoms with Crippen molar-refractivity contribution in [2.75, 3.05) is 13.2 Å². The monoisotopic (exact) mass is 400 g/mol. The molecule has 0 unspecified atom stereocenters.